The van der Waals surface area contributed by atoms with Gasteiger partial charge in [0.05, 0.1) is 19.3 Å². The minimum absolute atomic E-state index is 0.0379. The average Bonchev–Trinajstić information content (AvgIpc) is 2.88. The van der Waals surface area contributed by atoms with Gasteiger partial charge >= 0.3 is 0 Å². The lowest BCUT2D eigenvalue weighted by molar-refractivity contribution is 0.141. The van der Waals surface area contributed by atoms with Crippen LogP contribution in [0, 0.1) is 7.14 Å². The van der Waals surface area contributed by atoms with Crippen molar-refractivity contribution < 1.29 is 10.2 Å². The molecule has 3 aromatic rings. The summed E-state index contributed by atoms with van der Waals surface area (Å²) in [6, 6.07) is 12.9. The zero-order valence-electron chi connectivity index (χ0n) is 14.0. The Morgan fingerprint density at radius 1 is 1.04 bits per heavy atom. The van der Waals surface area contributed by atoms with Gasteiger partial charge < -0.3 is 20.1 Å². The van der Waals surface area contributed by atoms with Gasteiger partial charge in [0.15, 0.2) is 0 Å². The molecule has 0 aliphatic heterocycles. The highest BCUT2D eigenvalue weighted by Gasteiger charge is 2.15. The van der Waals surface area contributed by atoms with Crippen molar-refractivity contribution in [3.05, 3.63) is 43.5 Å². The van der Waals surface area contributed by atoms with Crippen LogP contribution in [0.15, 0.2) is 36.4 Å². The summed E-state index contributed by atoms with van der Waals surface area (Å²) in [7, 11) is 0. The van der Waals surface area contributed by atoms with E-state index in [-0.39, 0.29) is 12.6 Å². The zero-order valence-corrected chi connectivity index (χ0v) is 18.4. The summed E-state index contributed by atoms with van der Waals surface area (Å²) in [5.74, 6) is 0. The van der Waals surface area contributed by atoms with Crippen LogP contribution in [0.3, 0.4) is 0 Å². The van der Waals surface area contributed by atoms with Crippen molar-refractivity contribution in [1.29, 1.82) is 0 Å². The second kappa shape index (κ2) is 8.51. The standard InChI is InChI=1S/C19H22I2N2O2/c1-2-14(11-24)22-9-15(25)10-23-18-5-3-12(20)7-16(18)17-8-13(21)4-6-19(17)23/h3-8,14-15,22,24-25H,2,9-11H2,1H3/t14-,15+/m1/s1. The number of halogens is 2. The van der Waals surface area contributed by atoms with E-state index in [1.165, 1.54) is 17.9 Å². The first-order valence-electron chi connectivity index (χ1n) is 8.42. The van der Waals surface area contributed by atoms with Gasteiger partial charge in [0.1, 0.15) is 0 Å². The van der Waals surface area contributed by atoms with Gasteiger partial charge in [-0.3, -0.25) is 0 Å². The molecule has 1 heterocycles. The maximum absolute atomic E-state index is 10.5. The normalized spacial score (nSPS) is 14.3. The molecule has 2 aromatic carbocycles. The lowest BCUT2D eigenvalue weighted by Gasteiger charge is -2.19. The number of rotatable bonds is 7. The molecule has 0 saturated carbocycles. The summed E-state index contributed by atoms with van der Waals surface area (Å²) in [4.78, 5) is 0. The number of hydrogen-bond donors (Lipinski definition) is 3. The van der Waals surface area contributed by atoms with E-state index in [9.17, 15) is 10.2 Å². The smallest absolute Gasteiger partial charge is 0.0843 e. The number of nitrogens with one attached hydrogen (secondary N) is 1. The molecule has 0 radical (unpaired) electrons. The van der Waals surface area contributed by atoms with Gasteiger partial charge in [-0.1, -0.05) is 6.92 Å². The van der Waals surface area contributed by atoms with E-state index in [1.54, 1.807) is 0 Å². The fourth-order valence-electron chi connectivity index (χ4n) is 3.16. The first kappa shape index (κ1) is 19.3. The van der Waals surface area contributed by atoms with Gasteiger partial charge in [-0.2, -0.15) is 0 Å². The summed E-state index contributed by atoms with van der Waals surface area (Å²) < 4.78 is 4.61. The van der Waals surface area contributed by atoms with Crippen molar-refractivity contribution in [2.45, 2.75) is 32.0 Å². The molecule has 2 atom stereocenters. The molecule has 0 saturated heterocycles. The van der Waals surface area contributed by atoms with Gasteiger partial charge in [-0.25, -0.2) is 0 Å². The molecule has 0 amide bonds. The third kappa shape index (κ3) is 4.29. The molecule has 0 aliphatic rings. The summed E-state index contributed by atoms with van der Waals surface area (Å²) in [6.07, 6.45) is 0.327. The van der Waals surface area contributed by atoms with E-state index in [0.29, 0.717) is 13.1 Å². The van der Waals surface area contributed by atoms with E-state index < -0.39 is 6.10 Å². The lowest BCUT2D eigenvalue weighted by Crippen LogP contribution is -2.38. The quantitative estimate of drug-likeness (QED) is 0.384. The van der Waals surface area contributed by atoms with Gasteiger partial charge in [-0.15, -0.1) is 0 Å². The number of nitrogens with zero attached hydrogens (tertiary/aromatic N) is 1. The number of benzene rings is 2. The Morgan fingerprint density at radius 2 is 1.60 bits per heavy atom. The average molecular weight is 564 g/mol. The zero-order chi connectivity index (χ0) is 18.0. The number of aliphatic hydroxyl groups is 2. The van der Waals surface area contributed by atoms with Crippen LogP contribution in [-0.2, 0) is 6.54 Å². The molecule has 3 N–H and O–H groups in total. The Bertz CT molecular complexity index is 815. The highest BCUT2D eigenvalue weighted by molar-refractivity contribution is 14.1. The van der Waals surface area contributed by atoms with Crippen molar-refractivity contribution in [1.82, 2.24) is 9.88 Å². The van der Waals surface area contributed by atoms with Gasteiger partial charge in [0, 0.05) is 41.5 Å². The highest BCUT2D eigenvalue weighted by Crippen LogP contribution is 2.31. The molecule has 3 rings (SSSR count). The first-order chi connectivity index (χ1) is 12.0. The van der Waals surface area contributed by atoms with E-state index >= 15 is 0 Å². The Balaban J connectivity index is 1.94. The van der Waals surface area contributed by atoms with Crippen LogP contribution in [0.1, 0.15) is 13.3 Å². The van der Waals surface area contributed by atoms with E-state index in [1.807, 2.05) is 6.92 Å². The Kier molecular flexibility index (Phi) is 6.59. The highest BCUT2D eigenvalue weighted by atomic mass is 127. The minimum atomic E-state index is -0.516. The van der Waals surface area contributed by atoms with Crippen molar-refractivity contribution >= 4 is 67.0 Å². The van der Waals surface area contributed by atoms with Gasteiger partial charge in [0.25, 0.3) is 0 Å². The summed E-state index contributed by atoms with van der Waals surface area (Å²) in [6.45, 7) is 3.11. The van der Waals surface area contributed by atoms with E-state index in [2.05, 4.69) is 91.5 Å². The second-order valence-electron chi connectivity index (χ2n) is 6.28. The maximum atomic E-state index is 10.5. The minimum Gasteiger partial charge on any atom is -0.395 e. The molecule has 1 aromatic heterocycles. The van der Waals surface area contributed by atoms with Gasteiger partial charge in [0.2, 0.25) is 0 Å². The predicted octanol–water partition coefficient (Wildman–Crippen LogP) is 3.73. The Hall–Kier alpha value is -0.420. The Morgan fingerprint density at radius 3 is 2.08 bits per heavy atom. The number of hydrogen-bond acceptors (Lipinski definition) is 3. The van der Waals surface area contributed by atoms with Crippen LogP contribution in [-0.4, -0.2) is 40.1 Å². The summed E-state index contributed by atoms with van der Waals surface area (Å²) in [5.41, 5.74) is 2.29. The summed E-state index contributed by atoms with van der Waals surface area (Å²) >= 11 is 4.68. The third-order valence-corrected chi connectivity index (χ3v) is 5.88. The molecule has 25 heavy (non-hydrogen) atoms. The van der Waals surface area contributed by atoms with Gasteiger partial charge in [-0.05, 0) is 88.0 Å². The van der Waals surface area contributed by atoms with E-state index in [4.69, 9.17) is 0 Å². The maximum Gasteiger partial charge on any atom is 0.0843 e. The Labute approximate surface area is 174 Å². The monoisotopic (exact) mass is 564 g/mol. The molecule has 4 nitrogen and oxygen atoms in total. The molecule has 0 bridgehead atoms. The summed E-state index contributed by atoms with van der Waals surface area (Å²) in [5, 5.41) is 25.5. The molecule has 0 fully saturated rings. The number of aromatic nitrogens is 1. The molecule has 6 heteroatoms. The molecule has 0 spiro atoms. The van der Waals surface area contributed by atoms with E-state index in [0.717, 1.165) is 17.5 Å². The lowest BCUT2D eigenvalue weighted by atomic mass is 10.2. The predicted molar refractivity (Wildman–Crippen MR) is 120 cm³/mol. The van der Waals surface area contributed by atoms with Crippen LogP contribution in [0.2, 0.25) is 0 Å². The SMILES string of the molecule is CC[C@H](CO)NC[C@H](O)Cn1c2ccc(I)cc2c2cc(I)ccc21. The van der Waals surface area contributed by atoms with Crippen LogP contribution in [0.4, 0.5) is 0 Å². The first-order valence-corrected chi connectivity index (χ1v) is 10.6. The van der Waals surface area contributed by atoms with Crippen LogP contribution in [0.5, 0.6) is 0 Å². The fourth-order valence-corrected chi connectivity index (χ4v) is 4.14. The van der Waals surface area contributed by atoms with Crippen molar-refractivity contribution in [3.63, 3.8) is 0 Å². The second-order valence-corrected chi connectivity index (χ2v) is 8.77. The molecule has 134 valence electrons. The molecule has 0 unspecified atom stereocenters. The topological polar surface area (TPSA) is 57.4 Å². The fraction of sp³-hybridized carbons (Fsp3) is 0.368. The third-order valence-electron chi connectivity index (χ3n) is 4.54. The van der Waals surface area contributed by atoms with Crippen molar-refractivity contribution in [2.75, 3.05) is 13.2 Å². The molecule has 0 aliphatic carbocycles. The molecular formula is C19H22I2N2O2. The van der Waals surface area contributed by atoms with Crippen molar-refractivity contribution in [3.8, 4) is 0 Å². The van der Waals surface area contributed by atoms with Crippen molar-refractivity contribution in [2.24, 2.45) is 0 Å². The largest absolute Gasteiger partial charge is 0.395 e. The van der Waals surface area contributed by atoms with Crippen LogP contribution in [0.25, 0.3) is 21.8 Å². The number of fused-ring (bicyclic) bond motifs is 3. The van der Waals surface area contributed by atoms with Crippen LogP contribution < -0.4 is 5.32 Å². The van der Waals surface area contributed by atoms with Crippen LogP contribution >= 0.6 is 45.2 Å². The number of aliphatic hydroxyl groups excluding tert-OH is 2. The molecular weight excluding hydrogens is 542 g/mol.